The Balaban J connectivity index is 2.03. The fourth-order valence-electron chi connectivity index (χ4n) is 1.27. The molecule has 0 spiro atoms. The van der Waals surface area contributed by atoms with Crippen molar-refractivity contribution in [2.24, 2.45) is 5.73 Å². The average molecular weight is 231 g/mol. The highest BCUT2D eigenvalue weighted by Crippen LogP contribution is 1.95. The standard InChI is InChI=1S/C9H17N3O4/c10-8(13)6-15-3-2-12-9(14)7-5-11-1-4-16-7/h7,11H,1-6H2,(H2,10,13)(H,12,14). The summed E-state index contributed by atoms with van der Waals surface area (Å²) in [6, 6.07) is 0. The molecule has 1 saturated heterocycles. The summed E-state index contributed by atoms with van der Waals surface area (Å²) in [5, 5.41) is 5.70. The maximum absolute atomic E-state index is 11.5. The van der Waals surface area contributed by atoms with Crippen molar-refractivity contribution in [3.8, 4) is 0 Å². The lowest BCUT2D eigenvalue weighted by Crippen LogP contribution is -2.48. The van der Waals surface area contributed by atoms with Gasteiger partial charge in [0.15, 0.2) is 0 Å². The predicted octanol–water partition coefficient (Wildman–Crippen LogP) is -2.41. The van der Waals surface area contributed by atoms with Gasteiger partial charge in [0.2, 0.25) is 5.91 Å². The summed E-state index contributed by atoms with van der Waals surface area (Å²) < 4.78 is 10.1. The van der Waals surface area contributed by atoms with Gasteiger partial charge in [0.05, 0.1) is 13.2 Å². The summed E-state index contributed by atoms with van der Waals surface area (Å²) in [5.41, 5.74) is 4.87. The second kappa shape index (κ2) is 7.15. The minimum absolute atomic E-state index is 0.128. The summed E-state index contributed by atoms with van der Waals surface area (Å²) in [6.45, 7) is 2.30. The fraction of sp³-hybridized carbons (Fsp3) is 0.778. The third-order valence-corrected chi connectivity index (χ3v) is 2.01. The van der Waals surface area contributed by atoms with Crippen LogP contribution in [0.3, 0.4) is 0 Å². The van der Waals surface area contributed by atoms with Crippen LogP contribution in [0.25, 0.3) is 0 Å². The molecule has 0 bridgehead atoms. The largest absolute Gasteiger partial charge is 0.370 e. The number of carbonyl (C=O) groups is 2. The number of amides is 2. The Kier molecular flexibility index (Phi) is 5.76. The van der Waals surface area contributed by atoms with E-state index in [0.29, 0.717) is 19.7 Å². The number of nitrogens with two attached hydrogens (primary N) is 1. The van der Waals surface area contributed by atoms with Crippen LogP contribution in [0.4, 0.5) is 0 Å². The minimum atomic E-state index is -0.522. The predicted molar refractivity (Wildman–Crippen MR) is 55.6 cm³/mol. The first kappa shape index (κ1) is 12.9. The van der Waals surface area contributed by atoms with E-state index in [1.54, 1.807) is 0 Å². The van der Waals surface area contributed by atoms with Gasteiger partial charge in [-0.25, -0.2) is 0 Å². The molecule has 1 unspecified atom stereocenters. The maximum Gasteiger partial charge on any atom is 0.250 e. The molecule has 1 heterocycles. The first-order valence-corrected chi connectivity index (χ1v) is 5.16. The molecule has 7 heteroatoms. The molecule has 0 aromatic rings. The third-order valence-electron chi connectivity index (χ3n) is 2.01. The number of ether oxygens (including phenoxy) is 2. The first-order valence-electron chi connectivity index (χ1n) is 5.16. The van der Waals surface area contributed by atoms with Gasteiger partial charge in [-0.05, 0) is 0 Å². The van der Waals surface area contributed by atoms with Crippen molar-refractivity contribution < 1.29 is 19.1 Å². The van der Waals surface area contributed by atoms with Crippen LogP contribution in [0.2, 0.25) is 0 Å². The second-order valence-electron chi connectivity index (χ2n) is 3.37. The Bertz CT molecular complexity index is 241. The van der Waals surface area contributed by atoms with Crippen LogP contribution in [0, 0.1) is 0 Å². The zero-order valence-corrected chi connectivity index (χ0v) is 9.03. The molecule has 0 aromatic heterocycles. The molecule has 0 aliphatic carbocycles. The van der Waals surface area contributed by atoms with Gasteiger partial charge in [-0.3, -0.25) is 9.59 Å². The molecule has 0 saturated carbocycles. The van der Waals surface area contributed by atoms with Gasteiger partial charge in [0.25, 0.3) is 5.91 Å². The first-order chi connectivity index (χ1) is 7.70. The van der Waals surface area contributed by atoms with Crippen LogP contribution in [-0.4, -0.2) is 57.4 Å². The number of primary amides is 1. The van der Waals surface area contributed by atoms with Crippen LogP contribution >= 0.6 is 0 Å². The Morgan fingerprint density at radius 1 is 1.56 bits per heavy atom. The van der Waals surface area contributed by atoms with Crippen LogP contribution in [0.1, 0.15) is 0 Å². The molecule has 1 atom stereocenters. The smallest absolute Gasteiger partial charge is 0.250 e. The number of nitrogens with one attached hydrogen (secondary N) is 2. The number of morpholine rings is 1. The quantitative estimate of drug-likeness (QED) is 0.442. The molecule has 16 heavy (non-hydrogen) atoms. The number of carbonyl (C=O) groups excluding carboxylic acids is 2. The summed E-state index contributed by atoms with van der Waals surface area (Å²) in [7, 11) is 0. The van der Waals surface area contributed by atoms with Crippen molar-refractivity contribution in [3.05, 3.63) is 0 Å². The highest BCUT2D eigenvalue weighted by molar-refractivity contribution is 5.81. The number of hydrogen-bond donors (Lipinski definition) is 3. The van der Waals surface area contributed by atoms with E-state index in [0.717, 1.165) is 6.54 Å². The van der Waals surface area contributed by atoms with Crippen LogP contribution < -0.4 is 16.4 Å². The van der Waals surface area contributed by atoms with E-state index in [2.05, 4.69) is 10.6 Å². The maximum atomic E-state index is 11.5. The van der Waals surface area contributed by atoms with Gasteiger partial charge in [-0.1, -0.05) is 0 Å². The zero-order chi connectivity index (χ0) is 11.8. The zero-order valence-electron chi connectivity index (χ0n) is 9.03. The van der Waals surface area contributed by atoms with Gasteiger partial charge in [0.1, 0.15) is 12.7 Å². The molecule has 4 N–H and O–H groups in total. The lowest BCUT2D eigenvalue weighted by molar-refractivity contribution is -0.134. The minimum Gasteiger partial charge on any atom is -0.370 e. The third kappa shape index (κ3) is 5.06. The lowest BCUT2D eigenvalue weighted by atomic mass is 10.3. The van der Waals surface area contributed by atoms with Crippen molar-refractivity contribution in [2.45, 2.75) is 6.10 Å². The number of hydrogen-bond acceptors (Lipinski definition) is 5. The Labute approximate surface area is 93.6 Å². The van der Waals surface area contributed by atoms with Crippen molar-refractivity contribution in [1.29, 1.82) is 0 Å². The van der Waals surface area contributed by atoms with Gasteiger partial charge in [0, 0.05) is 19.6 Å². The second-order valence-corrected chi connectivity index (χ2v) is 3.37. The monoisotopic (exact) mass is 231 g/mol. The molecule has 2 amide bonds. The van der Waals surface area contributed by atoms with E-state index >= 15 is 0 Å². The Hall–Kier alpha value is -1.18. The van der Waals surface area contributed by atoms with Crippen LogP contribution in [0.5, 0.6) is 0 Å². The summed E-state index contributed by atoms with van der Waals surface area (Å²) in [4.78, 5) is 21.8. The van der Waals surface area contributed by atoms with Gasteiger partial charge in [-0.2, -0.15) is 0 Å². The van der Waals surface area contributed by atoms with E-state index in [1.807, 2.05) is 0 Å². The van der Waals surface area contributed by atoms with Crippen molar-refractivity contribution >= 4 is 11.8 Å². The van der Waals surface area contributed by atoms with Crippen molar-refractivity contribution in [1.82, 2.24) is 10.6 Å². The van der Waals surface area contributed by atoms with E-state index in [-0.39, 0.29) is 19.1 Å². The van der Waals surface area contributed by atoms with Gasteiger partial charge >= 0.3 is 0 Å². The molecule has 1 rings (SSSR count). The molecule has 1 aliphatic rings. The van der Waals surface area contributed by atoms with E-state index in [9.17, 15) is 9.59 Å². The molecule has 92 valence electrons. The van der Waals surface area contributed by atoms with E-state index < -0.39 is 12.0 Å². The fourth-order valence-corrected chi connectivity index (χ4v) is 1.27. The molecule has 1 aliphatic heterocycles. The van der Waals surface area contributed by atoms with Crippen LogP contribution in [0.15, 0.2) is 0 Å². The lowest BCUT2D eigenvalue weighted by Gasteiger charge is -2.22. The van der Waals surface area contributed by atoms with Gasteiger partial charge < -0.3 is 25.8 Å². The normalized spacial score (nSPS) is 20.4. The Morgan fingerprint density at radius 2 is 2.38 bits per heavy atom. The summed E-state index contributed by atoms with van der Waals surface area (Å²) >= 11 is 0. The summed E-state index contributed by atoms with van der Waals surface area (Å²) in [5.74, 6) is -0.694. The molecule has 0 radical (unpaired) electrons. The van der Waals surface area contributed by atoms with Crippen molar-refractivity contribution in [3.63, 3.8) is 0 Å². The molecular formula is C9H17N3O4. The highest BCUT2D eigenvalue weighted by atomic mass is 16.5. The molecule has 7 nitrogen and oxygen atoms in total. The topological polar surface area (TPSA) is 103 Å². The van der Waals surface area contributed by atoms with Crippen molar-refractivity contribution in [2.75, 3.05) is 39.5 Å². The number of rotatable bonds is 6. The SMILES string of the molecule is NC(=O)COCCNC(=O)C1CNCCO1. The Morgan fingerprint density at radius 3 is 3.00 bits per heavy atom. The highest BCUT2D eigenvalue weighted by Gasteiger charge is 2.20. The van der Waals surface area contributed by atoms with E-state index in [4.69, 9.17) is 15.2 Å². The molecule has 1 fully saturated rings. The molecule has 0 aromatic carbocycles. The molecular weight excluding hydrogens is 214 g/mol. The van der Waals surface area contributed by atoms with Crippen LogP contribution in [-0.2, 0) is 19.1 Å². The van der Waals surface area contributed by atoms with E-state index in [1.165, 1.54) is 0 Å². The summed E-state index contributed by atoms with van der Waals surface area (Å²) in [6.07, 6.45) is -0.440. The van der Waals surface area contributed by atoms with Gasteiger partial charge in [-0.15, -0.1) is 0 Å². The average Bonchev–Trinajstić information content (AvgIpc) is 2.29.